The minimum absolute atomic E-state index is 0.00191. The van der Waals surface area contributed by atoms with Crippen LogP contribution in [0.15, 0.2) is 94.9 Å². The normalized spacial score (nSPS) is 17.8. The van der Waals surface area contributed by atoms with Crippen molar-refractivity contribution in [3.05, 3.63) is 123 Å². The zero-order chi connectivity index (χ0) is 36.2. The number of hydrogen-bond donors (Lipinski definition) is 0. The predicted octanol–water partition coefficient (Wildman–Crippen LogP) is 7.25. The average Bonchev–Trinajstić information content (AvgIpc) is 3.84. The van der Waals surface area contributed by atoms with E-state index >= 15 is 0 Å². The van der Waals surface area contributed by atoms with E-state index in [1.165, 1.54) is 35.0 Å². The molecular formula is C39H36ClFN4O6S. The van der Waals surface area contributed by atoms with Crippen LogP contribution < -0.4 is 5.56 Å². The van der Waals surface area contributed by atoms with Crippen LogP contribution in [0.3, 0.4) is 0 Å². The zero-order valence-corrected chi connectivity index (χ0v) is 30.2. The molecule has 2 fully saturated rings. The maximum Gasteiger partial charge on any atom is 0.275 e. The Labute approximate surface area is 304 Å². The van der Waals surface area contributed by atoms with E-state index in [-0.39, 0.29) is 28.4 Å². The van der Waals surface area contributed by atoms with E-state index in [1.54, 1.807) is 49.6 Å². The van der Waals surface area contributed by atoms with Gasteiger partial charge in [-0.1, -0.05) is 35.9 Å². The summed E-state index contributed by atoms with van der Waals surface area (Å²) in [5, 5.41) is 1.04. The number of pyridine rings is 1. The summed E-state index contributed by atoms with van der Waals surface area (Å²) in [6, 6.07) is 19.8. The molecule has 1 aliphatic heterocycles. The molecule has 0 amide bonds. The van der Waals surface area contributed by atoms with Gasteiger partial charge in [-0.05, 0) is 104 Å². The fourth-order valence-corrected chi connectivity index (χ4v) is 8.37. The van der Waals surface area contributed by atoms with Crippen LogP contribution in [0.4, 0.5) is 4.39 Å². The van der Waals surface area contributed by atoms with Crippen molar-refractivity contribution < 1.29 is 27.0 Å². The van der Waals surface area contributed by atoms with Gasteiger partial charge in [-0.25, -0.2) is 26.7 Å². The molecular weight excluding hydrogens is 707 g/mol. The highest BCUT2D eigenvalue weighted by molar-refractivity contribution is 7.90. The Kier molecular flexibility index (Phi) is 8.99. The number of rotatable bonds is 10. The molecule has 2 aliphatic rings. The number of halogens is 2. The number of hydrogen-bond acceptors (Lipinski definition) is 8. The lowest BCUT2D eigenvalue weighted by Gasteiger charge is -2.36. The van der Waals surface area contributed by atoms with Gasteiger partial charge < -0.3 is 18.8 Å². The summed E-state index contributed by atoms with van der Waals surface area (Å²) in [7, 11) is -2.51. The lowest BCUT2D eigenvalue weighted by molar-refractivity contribution is -0.197. The number of fused-ring (bicyclic) bond motifs is 2. The molecule has 1 saturated carbocycles. The van der Waals surface area contributed by atoms with Gasteiger partial charge >= 0.3 is 0 Å². The van der Waals surface area contributed by atoms with Crippen LogP contribution in [0.25, 0.3) is 32.9 Å². The monoisotopic (exact) mass is 742 g/mol. The van der Waals surface area contributed by atoms with E-state index in [2.05, 4.69) is 4.98 Å². The van der Waals surface area contributed by atoms with Crippen LogP contribution in [0.2, 0.25) is 5.28 Å². The number of benzene rings is 3. The van der Waals surface area contributed by atoms with Crippen LogP contribution in [-0.2, 0) is 36.9 Å². The standard InChI is InChI=1S/C39H36ClFN4O6S/c1-24-6-15-29(16-7-24)52(47,48)45-19-18-30-32(22-44(2)37(46)35(30)45)25-8-17-33-31(21-25)36(43-38(40)42-33)39(51-28-13-14-28,26-9-11-27(41)12-10-26)23-50-34-5-3-4-20-49-34/h6-12,15-19,21-22,28,34H,3-5,13-14,20,23H2,1-2H3. The maximum atomic E-state index is 14.4. The van der Waals surface area contributed by atoms with E-state index < -0.39 is 33.3 Å². The first-order valence-electron chi connectivity index (χ1n) is 17.2. The second kappa shape index (κ2) is 13.5. The lowest BCUT2D eigenvalue weighted by Crippen LogP contribution is -2.41. The first-order valence-corrected chi connectivity index (χ1v) is 19.0. The fourth-order valence-electron chi connectivity index (χ4n) is 6.85. The molecule has 0 bridgehead atoms. The highest BCUT2D eigenvalue weighted by Gasteiger charge is 2.45. The van der Waals surface area contributed by atoms with E-state index in [0.29, 0.717) is 45.3 Å². The van der Waals surface area contributed by atoms with Crippen LogP contribution in [0.1, 0.15) is 48.9 Å². The molecule has 1 saturated heterocycles. The molecule has 1 aliphatic carbocycles. The van der Waals surface area contributed by atoms with E-state index in [0.717, 1.165) is 41.6 Å². The highest BCUT2D eigenvalue weighted by Crippen LogP contribution is 2.44. The largest absolute Gasteiger partial charge is 0.358 e. The van der Waals surface area contributed by atoms with Crippen LogP contribution >= 0.6 is 11.6 Å². The molecule has 0 N–H and O–H groups in total. The summed E-state index contributed by atoms with van der Waals surface area (Å²) in [6.07, 6.45) is 6.87. The summed E-state index contributed by atoms with van der Waals surface area (Å²) < 4.78 is 63.7. The molecule has 10 nitrogen and oxygen atoms in total. The molecule has 6 aromatic rings. The molecule has 52 heavy (non-hydrogen) atoms. The van der Waals surface area contributed by atoms with Crippen molar-refractivity contribution in [3.8, 4) is 11.1 Å². The second-order valence-electron chi connectivity index (χ2n) is 13.5. The molecule has 0 spiro atoms. The fraction of sp³-hybridized carbons (Fsp3) is 0.308. The molecule has 2 atom stereocenters. The van der Waals surface area contributed by atoms with Crippen molar-refractivity contribution >= 4 is 43.4 Å². The number of aryl methyl sites for hydroxylation is 2. The van der Waals surface area contributed by atoms with Crippen LogP contribution in [0, 0.1) is 12.7 Å². The predicted molar refractivity (Wildman–Crippen MR) is 195 cm³/mol. The summed E-state index contributed by atoms with van der Waals surface area (Å²) >= 11 is 6.62. The topological polar surface area (TPSA) is 115 Å². The van der Waals surface area contributed by atoms with Crippen molar-refractivity contribution in [2.24, 2.45) is 7.05 Å². The average molecular weight is 743 g/mol. The number of aromatic nitrogens is 4. The number of nitrogens with zero attached hydrogens (tertiary/aromatic N) is 4. The van der Waals surface area contributed by atoms with Gasteiger partial charge in [0.05, 0.1) is 28.8 Å². The summed E-state index contributed by atoms with van der Waals surface area (Å²) in [4.78, 5) is 23.0. The van der Waals surface area contributed by atoms with Gasteiger partial charge in [0.15, 0.2) is 11.9 Å². The molecule has 4 heterocycles. The Morgan fingerprint density at radius 1 is 0.981 bits per heavy atom. The van der Waals surface area contributed by atoms with E-state index in [9.17, 15) is 17.6 Å². The molecule has 0 radical (unpaired) electrons. The first kappa shape index (κ1) is 34.6. The molecule has 268 valence electrons. The Bertz CT molecular complexity index is 2480. The Balaban J connectivity index is 1.32. The first-order chi connectivity index (χ1) is 25.0. The minimum atomic E-state index is -4.10. The van der Waals surface area contributed by atoms with Gasteiger partial charge in [-0.2, -0.15) is 0 Å². The van der Waals surface area contributed by atoms with Gasteiger partial charge in [0.2, 0.25) is 5.28 Å². The summed E-state index contributed by atoms with van der Waals surface area (Å²) in [6.45, 7) is 2.47. The van der Waals surface area contributed by atoms with Crippen molar-refractivity contribution in [2.75, 3.05) is 13.2 Å². The Morgan fingerprint density at radius 3 is 2.46 bits per heavy atom. The lowest BCUT2D eigenvalue weighted by atomic mass is 9.87. The third kappa shape index (κ3) is 6.32. The smallest absolute Gasteiger partial charge is 0.275 e. The molecule has 3 aromatic carbocycles. The SMILES string of the molecule is Cc1ccc(S(=O)(=O)n2ccc3c(-c4ccc5nc(Cl)nc(C(COC6CCCCO6)(OC6CC6)c6ccc(F)cc6)c5c4)cn(C)c(=O)c32)cc1. The highest BCUT2D eigenvalue weighted by atomic mass is 35.5. The van der Waals surface area contributed by atoms with Crippen molar-refractivity contribution in [1.29, 1.82) is 0 Å². The quantitative estimate of drug-likeness (QED) is 0.135. The summed E-state index contributed by atoms with van der Waals surface area (Å²) in [5.74, 6) is -0.400. The van der Waals surface area contributed by atoms with Crippen molar-refractivity contribution in [3.63, 3.8) is 0 Å². The van der Waals surface area contributed by atoms with Crippen molar-refractivity contribution in [1.82, 2.24) is 18.5 Å². The second-order valence-corrected chi connectivity index (χ2v) is 15.6. The van der Waals surface area contributed by atoms with Crippen molar-refractivity contribution in [2.45, 2.75) is 61.9 Å². The van der Waals surface area contributed by atoms with Gasteiger partial charge in [0.1, 0.15) is 11.3 Å². The third-order valence-corrected chi connectivity index (χ3v) is 11.6. The van der Waals surface area contributed by atoms with Gasteiger partial charge in [-0.3, -0.25) is 4.79 Å². The van der Waals surface area contributed by atoms with Crippen LogP contribution in [0.5, 0.6) is 0 Å². The summed E-state index contributed by atoms with van der Waals surface area (Å²) in [5.41, 5.74) is 2.00. The Morgan fingerprint density at radius 2 is 1.75 bits per heavy atom. The van der Waals surface area contributed by atoms with Crippen LogP contribution in [-0.4, -0.2) is 52.5 Å². The van der Waals surface area contributed by atoms with Gasteiger partial charge in [0, 0.05) is 42.4 Å². The Hall–Kier alpha value is -4.46. The van der Waals surface area contributed by atoms with E-state index in [1.807, 2.05) is 19.1 Å². The number of ether oxygens (including phenoxy) is 3. The molecule has 8 rings (SSSR count). The van der Waals surface area contributed by atoms with E-state index in [4.69, 9.17) is 30.8 Å². The molecule has 13 heteroatoms. The minimum Gasteiger partial charge on any atom is -0.358 e. The third-order valence-electron chi connectivity index (χ3n) is 9.74. The molecule has 2 unspecified atom stereocenters. The maximum absolute atomic E-state index is 14.4. The molecule has 3 aromatic heterocycles. The zero-order valence-electron chi connectivity index (χ0n) is 28.6. The van der Waals surface area contributed by atoms with Gasteiger partial charge in [-0.15, -0.1) is 0 Å². The van der Waals surface area contributed by atoms with Gasteiger partial charge in [0.25, 0.3) is 15.6 Å².